The van der Waals surface area contributed by atoms with Crippen LogP contribution in [0.5, 0.6) is 0 Å². The van der Waals surface area contributed by atoms with Crippen molar-refractivity contribution in [1.82, 2.24) is 9.55 Å². The van der Waals surface area contributed by atoms with Crippen LogP contribution in [0.1, 0.15) is 41.4 Å². The van der Waals surface area contributed by atoms with Crippen molar-refractivity contribution in [2.24, 2.45) is 0 Å². The van der Waals surface area contributed by atoms with Gasteiger partial charge in [-0.1, -0.05) is 6.07 Å². The van der Waals surface area contributed by atoms with E-state index in [-0.39, 0.29) is 41.8 Å². The van der Waals surface area contributed by atoms with Gasteiger partial charge in [-0.15, -0.1) is 0 Å². The quantitative estimate of drug-likeness (QED) is 0.523. The standard InChI is InChI=1S/C23H20FN3O5/c1-3-31-22(29)17(11-25)15-10-20-16(9-19(15)24)21(28)18(23(30)32-4-2)13-27(20)12-14-7-5-6-8-26-14/h5-10,13,17H,3-4,12H2,1-2H3. The van der Waals surface area contributed by atoms with Crippen LogP contribution in [0.4, 0.5) is 4.39 Å². The van der Waals surface area contributed by atoms with Gasteiger partial charge in [0, 0.05) is 23.3 Å². The van der Waals surface area contributed by atoms with Gasteiger partial charge in [0.1, 0.15) is 11.4 Å². The summed E-state index contributed by atoms with van der Waals surface area (Å²) in [4.78, 5) is 41.7. The zero-order chi connectivity index (χ0) is 23.3. The van der Waals surface area contributed by atoms with Gasteiger partial charge in [0.05, 0.1) is 37.0 Å². The number of carbonyl (C=O) groups excluding carboxylic acids is 2. The fourth-order valence-electron chi connectivity index (χ4n) is 3.27. The van der Waals surface area contributed by atoms with E-state index in [2.05, 4.69) is 4.98 Å². The number of rotatable bonds is 7. The van der Waals surface area contributed by atoms with E-state index < -0.39 is 29.1 Å². The summed E-state index contributed by atoms with van der Waals surface area (Å²) in [5, 5.41) is 9.36. The number of nitrogens with zero attached hydrogens (tertiary/aromatic N) is 3. The van der Waals surface area contributed by atoms with Crippen molar-refractivity contribution in [3.8, 4) is 6.07 Å². The number of ether oxygens (including phenoxy) is 2. The molecule has 9 heteroatoms. The number of hydrogen-bond acceptors (Lipinski definition) is 7. The first kappa shape index (κ1) is 22.6. The molecule has 2 heterocycles. The van der Waals surface area contributed by atoms with Crippen molar-refractivity contribution in [3.63, 3.8) is 0 Å². The van der Waals surface area contributed by atoms with Crippen LogP contribution in [-0.2, 0) is 20.8 Å². The number of hydrogen-bond donors (Lipinski definition) is 0. The minimum Gasteiger partial charge on any atom is -0.465 e. The van der Waals surface area contributed by atoms with Gasteiger partial charge >= 0.3 is 11.9 Å². The largest absolute Gasteiger partial charge is 0.465 e. The second kappa shape index (κ2) is 9.83. The van der Waals surface area contributed by atoms with Crippen molar-refractivity contribution in [2.45, 2.75) is 26.3 Å². The maximum absolute atomic E-state index is 14.9. The Morgan fingerprint density at radius 2 is 1.97 bits per heavy atom. The summed E-state index contributed by atoms with van der Waals surface area (Å²) in [6.45, 7) is 3.41. The van der Waals surface area contributed by atoms with Gasteiger partial charge in [-0.05, 0) is 38.1 Å². The Labute approximate surface area is 182 Å². The molecule has 0 aliphatic carbocycles. The lowest BCUT2D eigenvalue weighted by atomic mass is 9.97. The van der Waals surface area contributed by atoms with Crippen LogP contribution in [-0.4, -0.2) is 34.7 Å². The lowest BCUT2D eigenvalue weighted by Crippen LogP contribution is -2.22. The fraction of sp³-hybridized carbons (Fsp3) is 0.261. The van der Waals surface area contributed by atoms with Gasteiger partial charge in [0.2, 0.25) is 5.43 Å². The number of halogens is 1. The Balaban J connectivity index is 2.27. The first-order valence-electron chi connectivity index (χ1n) is 9.91. The number of carbonyl (C=O) groups is 2. The van der Waals surface area contributed by atoms with Crippen LogP contribution < -0.4 is 5.43 Å². The molecule has 0 fully saturated rings. The number of fused-ring (bicyclic) bond motifs is 1. The van der Waals surface area contributed by atoms with Crippen LogP contribution >= 0.6 is 0 Å². The number of esters is 2. The van der Waals surface area contributed by atoms with Gasteiger partial charge in [-0.3, -0.25) is 14.6 Å². The minimum absolute atomic E-state index is 0.0273. The number of benzene rings is 1. The van der Waals surface area contributed by atoms with Gasteiger partial charge in [-0.25, -0.2) is 9.18 Å². The molecule has 164 valence electrons. The van der Waals surface area contributed by atoms with E-state index in [0.29, 0.717) is 5.69 Å². The number of nitriles is 1. The Morgan fingerprint density at radius 1 is 1.22 bits per heavy atom. The van der Waals surface area contributed by atoms with Gasteiger partial charge in [0.25, 0.3) is 0 Å². The summed E-state index contributed by atoms with van der Waals surface area (Å²) < 4.78 is 26.3. The summed E-state index contributed by atoms with van der Waals surface area (Å²) >= 11 is 0. The van der Waals surface area contributed by atoms with E-state index >= 15 is 0 Å². The maximum atomic E-state index is 14.9. The molecular weight excluding hydrogens is 417 g/mol. The summed E-state index contributed by atoms with van der Waals surface area (Å²) in [6.07, 6.45) is 2.90. The first-order valence-corrected chi connectivity index (χ1v) is 9.91. The smallest absolute Gasteiger partial charge is 0.343 e. The third-order valence-electron chi connectivity index (χ3n) is 4.71. The van der Waals surface area contributed by atoms with Gasteiger partial charge in [-0.2, -0.15) is 5.26 Å². The molecule has 0 N–H and O–H groups in total. The minimum atomic E-state index is -1.51. The van der Waals surface area contributed by atoms with E-state index in [1.807, 2.05) is 0 Å². The van der Waals surface area contributed by atoms with Crippen LogP contribution in [0.3, 0.4) is 0 Å². The van der Waals surface area contributed by atoms with E-state index in [9.17, 15) is 24.0 Å². The van der Waals surface area contributed by atoms with E-state index in [0.717, 1.165) is 6.07 Å². The Morgan fingerprint density at radius 3 is 2.59 bits per heavy atom. The van der Waals surface area contributed by atoms with Crippen molar-refractivity contribution in [3.05, 3.63) is 75.6 Å². The highest BCUT2D eigenvalue weighted by molar-refractivity contribution is 5.94. The third kappa shape index (κ3) is 4.49. The average molecular weight is 437 g/mol. The second-order valence-corrected chi connectivity index (χ2v) is 6.75. The molecule has 0 amide bonds. The van der Waals surface area contributed by atoms with Crippen molar-refractivity contribution in [2.75, 3.05) is 13.2 Å². The van der Waals surface area contributed by atoms with Crippen LogP contribution in [0, 0.1) is 17.1 Å². The molecule has 0 spiro atoms. The molecule has 0 aliphatic heterocycles. The Hall–Kier alpha value is -4.06. The number of aromatic nitrogens is 2. The molecule has 0 saturated carbocycles. The maximum Gasteiger partial charge on any atom is 0.343 e. The van der Waals surface area contributed by atoms with Crippen molar-refractivity contribution >= 4 is 22.8 Å². The summed E-state index contributed by atoms with van der Waals surface area (Å²) in [7, 11) is 0. The summed E-state index contributed by atoms with van der Waals surface area (Å²) in [6, 6.07) is 9.19. The predicted octanol–water partition coefficient (Wildman–Crippen LogP) is 2.93. The fourth-order valence-corrected chi connectivity index (χ4v) is 3.27. The number of pyridine rings is 2. The van der Waals surface area contributed by atoms with Crippen molar-refractivity contribution in [1.29, 1.82) is 5.26 Å². The van der Waals surface area contributed by atoms with E-state index in [1.54, 1.807) is 44.3 Å². The summed E-state index contributed by atoms with van der Waals surface area (Å²) in [5.74, 6) is -4.17. The highest BCUT2D eigenvalue weighted by Gasteiger charge is 2.27. The molecule has 0 bridgehead atoms. The molecule has 0 saturated heterocycles. The molecule has 32 heavy (non-hydrogen) atoms. The Kier molecular flexibility index (Phi) is 6.95. The highest BCUT2D eigenvalue weighted by atomic mass is 19.1. The second-order valence-electron chi connectivity index (χ2n) is 6.75. The van der Waals surface area contributed by atoms with Crippen LogP contribution in [0.2, 0.25) is 0 Å². The zero-order valence-electron chi connectivity index (χ0n) is 17.5. The van der Waals surface area contributed by atoms with Crippen LogP contribution in [0.25, 0.3) is 10.9 Å². The molecular formula is C23H20FN3O5. The molecule has 1 unspecified atom stereocenters. The normalized spacial score (nSPS) is 11.6. The highest BCUT2D eigenvalue weighted by Crippen LogP contribution is 2.26. The van der Waals surface area contributed by atoms with Gasteiger partial charge in [0.15, 0.2) is 5.92 Å². The summed E-state index contributed by atoms with van der Waals surface area (Å²) in [5.41, 5.74) is -0.359. The molecule has 3 aromatic rings. The lowest BCUT2D eigenvalue weighted by molar-refractivity contribution is -0.143. The molecule has 3 rings (SSSR count). The Bertz CT molecular complexity index is 1260. The van der Waals surface area contributed by atoms with Gasteiger partial charge < -0.3 is 14.0 Å². The van der Waals surface area contributed by atoms with E-state index in [4.69, 9.17) is 9.47 Å². The average Bonchev–Trinajstić information content (AvgIpc) is 2.78. The zero-order valence-corrected chi connectivity index (χ0v) is 17.5. The molecule has 1 atom stereocenters. The molecule has 0 radical (unpaired) electrons. The topological polar surface area (TPSA) is 111 Å². The monoisotopic (exact) mass is 437 g/mol. The lowest BCUT2D eigenvalue weighted by Gasteiger charge is -2.16. The molecule has 0 aliphatic rings. The SMILES string of the molecule is CCOC(=O)c1cn(Cc2ccccn2)c2cc(C(C#N)C(=O)OCC)c(F)cc2c1=O. The first-order chi connectivity index (χ1) is 15.4. The third-order valence-corrected chi connectivity index (χ3v) is 4.71. The molecule has 2 aromatic heterocycles. The predicted molar refractivity (Wildman–Crippen MR) is 112 cm³/mol. The molecule has 1 aromatic carbocycles. The van der Waals surface area contributed by atoms with E-state index in [1.165, 1.54) is 16.8 Å². The van der Waals surface area contributed by atoms with Crippen molar-refractivity contribution < 1.29 is 23.5 Å². The molecule has 8 nitrogen and oxygen atoms in total. The van der Waals surface area contributed by atoms with Crippen LogP contribution in [0.15, 0.2) is 47.5 Å².